The van der Waals surface area contributed by atoms with Crippen LogP contribution < -0.4 is 0 Å². The van der Waals surface area contributed by atoms with Gasteiger partial charge in [0.15, 0.2) is 12.6 Å². The van der Waals surface area contributed by atoms with E-state index in [9.17, 15) is 0 Å². The van der Waals surface area contributed by atoms with Gasteiger partial charge in [0.1, 0.15) is 0 Å². The highest BCUT2D eigenvalue weighted by Crippen LogP contribution is 1.88. The Labute approximate surface area is 70.0 Å². The van der Waals surface area contributed by atoms with Gasteiger partial charge in [0.2, 0.25) is 0 Å². The Kier molecular flexibility index (Phi) is 7.26. The third-order valence-electron chi connectivity index (χ3n) is 1.02. The summed E-state index contributed by atoms with van der Waals surface area (Å²) >= 11 is 0. The topological polar surface area (TPSA) is 99.4 Å². The summed E-state index contributed by atoms with van der Waals surface area (Å²) in [5.74, 6) is 0. The van der Waals surface area contributed by atoms with Crippen molar-refractivity contribution in [2.24, 2.45) is 0 Å². The average molecular weight is 182 g/mol. The zero-order chi connectivity index (χ0) is 9.40. The lowest BCUT2D eigenvalue weighted by molar-refractivity contribution is -0.167. The molecule has 0 aromatic carbocycles. The van der Waals surface area contributed by atoms with E-state index in [2.05, 4.69) is 9.47 Å². The average Bonchev–Trinajstić information content (AvgIpc) is 2.11. The lowest BCUT2D eigenvalue weighted by Crippen LogP contribution is -2.23. The summed E-state index contributed by atoms with van der Waals surface area (Å²) in [6.07, 6.45) is -2.44. The van der Waals surface area contributed by atoms with Crippen molar-refractivity contribution in [2.75, 3.05) is 26.4 Å². The Morgan fingerprint density at radius 2 is 1.17 bits per heavy atom. The van der Waals surface area contributed by atoms with Gasteiger partial charge in [-0.15, -0.1) is 0 Å². The predicted molar refractivity (Wildman–Crippen MR) is 38.1 cm³/mol. The molecule has 0 aromatic rings. The highest BCUT2D eigenvalue weighted by Gasteiger charge is 2.03. The van der Waals surface area contributed by atoms with Crippen molar-refractivity contribution in [1.29, 1.82) is 0 Å². The molecule has 0 bridgehead atoms. The minimum absolute atomic E-state index is 0.0405. The molecular formula is C6H14O6. The van der Waals surface area contributed by atoms with Gasteiger partial charge < -0.3 is 29.9 Å². The minimum atomic E-state index is -1.22. The summed E-state index contributed by atoms with van der Waals surface area (Å²) in [5, 5.41) is 33.8. The van der Waals surface area contributed by atoms with Crippen LogP contribution in [0.5, 0.6) is 0 Å². The van der Waals surface area contributed by atoms with Gasteiger partial charge in [0.25, 0.3) is 0 Å². The second-order valence-corrected chi connectivity index (χ2v) is 2.02. The molecule has 0 fully saturated rings. The third-order valence-corrected chi connectivity index (χ3v) is 1.02. The van der Waals surface area contributed by atoms with E-state index in [0.717, 1.165) is 0 Å². The van der Waals surface area contributed by atoms with Crippen molar-refractivity contribution in [2.45, 2.75) is 12.6 Å². The molecule has 0 aliphatic rings. The second kappa shape index (κ2) is 7.41. The molecule has 12 heavy (non-hydrogen) atoms. The SMILES string of the molecule is OCC(O)OCCOC(O)CO. The van der Waals surface area contributed by atoms with E-state index in [-0.39, 0.29) is 13.2 Å². The summed E-state index contributed by atoms with van der Waals surface area (Å²) in [4.78, 5) is 0. The number of aliphatic hydroxyl groups excluding tert-OH is 4. The number of aliphatic hydroxyl groups is 4. The zero-order valence-corrected chi connectivity index (χ0v) is 6.59. The Balaban J connectivity index is 3.10. The summed E-state index contributed by atoms with van der Waals surface area (Å²) in [5.41, 5.74) is 0. The molecule has 0 radical (unpaired) electrons. The molecular weight excluding hydrogens is 168 g/mol. The fourth-order valence-electron chi connectivity index (χ4n) is 0.474. The molecule has 6 nitrogen and oxygen atoms in total. The van der Waals surface area contributed by atoms with Gasteiger partial charge in [-0.05, 0) is 0 Å². The van der Waals surface area contributed by atoms with Crippen LogP contribution in [0.25, 0.3) is 0 Å². The molecule has 6 heteroatoms. The first-order valence-electron chi connectivity index (χ1n) is 3.51. The van der Waals surface area contributed by atoms with Gasteiger partial charge in [0, 0.05) is 0 Å². The van der Waals surface area contributed by atoms with Crippen molar-refractivity contribution in [1.82, 2.24) is 0 Å². The molecule has 74 valence electrons. The van der Waals surface area contributed by atoms with Crippen LogP contribution in [-0.4, -0.2) is 59.4 Å². The first-order valence-corrected chi connectivity index (χ1v) is 3.51. The molecule has 2 atom stereocenters. The van der Waals surface area contributed by atoms with E-state index >= 15 is 0 Å². The van der Waals surface area contributed by atoms with Crippen LogP contribution in [0.1, 0.15) is 0 Å². The van der Waals surface area contributed by atoms with Crippen LogP contribution in [0.4, 0.5) is 0 Å². The summed E-state index contributed by atoms with van der Waals surface area (Å²) in [7, 11) is 0. The van der Waals surface area contributed by atoms with Crippen molar-refractivity contribution in [3.8, 4) is 0 Å². The van der Waals surface area contributed by atoms with Crippen molar-refractivity contribution in [3.05, 3.63) is 0 Å². The fourth-order valence-corrected chi connectivity index (χ4v) is 0.474. The highest BCUT2D eigenvalue weighted by molar-refractivity contribution is 4.37. The lowest BCUT2D eigenvalue weighted by atomic mass is 10.6. The smallest absolute Gasteiger partial charge is 0.177 e. The predicted octanol–water partition coefficient (Wildman–Crippen LogP) is -2.36. The van der Waals surface area contributed by atoms with Crippen molar-refractivity contribution < 1.29 is 29.9 Å². The molecule has 0 rings (SSSR count). The van der Waals surface area contributed by atoms with Crippen LogP contribution in [0, 0.1) is 0 Å². The Morgan fingerprint density at radius 1 is 0.833 bits per heavy atom. The minimum Gasteiger partial charge on any atom is -0.391 e. The Bertz CT molecular complexity index is 86.0. The lowest BCUT2D eigenvalue weighted by Gasteiger charge is -2.11. The number of hydrogen-bond donors (Lipinski definition) is 4. The fraction of sp³-hybridized carbons (Fsp3) is 1.00. The molecule has 0 saturated heterocycles. The maximum Gasteiger partial charge on any atom is 0.177 e. The van der Waals surface area contributed by atoms with Gasteiger partial charge in [-0.25, -0.2) is 0 Å². The summed E-state index contributed by atoms with van der Waals surface area (Å²) in [6, 6.07) is 0. The third kappa shape index (κ3) is 6.47. The first-order chi connectivity index (χ1) is 5.70. The summed E-state index contributed by atoms with van der Waals surface area (Å²) < 4.78 is 9.15. The normalized spacial score (nSPS) is 16.0. The monoisotopic (exact) mass is 182 g/mol. The molecule has 4 N–H and O–H groups in total. The van der Waals surface area contributed by atoms with Crippen LogP contribution in [0.3, 0.4) is 0 Å². The van der Waals surface area contributed by atoms with E-state index in [1.165, 1.54) is 0 Å². The molecule has 0 aliphatic carbocycles. The molecule has 0 aromatic heterocycles. The second-order valence-electron chi connectivity index (χ2n) is 2.02. The highest BCUT2D eigenvalue weighted by atomic mass is 16.6. The van der Waals surface area contributed by atoms with Crippen LogP contribution in [-0.2, 0) is 9.47 Å². The summed E-state index contributed by atoms with van der Waals surface area (Å²) in [6.45, 7) is -0.886. The molecule has 0 aliphatic heterocycles. The van der Waals surface area contributed by atoms with Gasteiger partial charge in [-0.2, -0.15) is 0 Å². The number of hydrogen-bond acceptors (Lipinski definition) is 6. The largest absolute Gasteiger partial charge is 0.391 e. The van der Waals surface area contributed by atoms with E-state index < -0.39 is 25.8 Å². The number of rotatable bonds is 7. The van der Waals surface area contributed by atoms with Crippen LogP contribution >= 0.6 is 0 Å². The Hall–Kier alpha value is -0.240. The van der Waals surface area contributed by atoms with Crippen LogP contribution in [0.15, 0.2) is 0 Å². The van der Waals surface area contributed by atoms with E-state index in [1.54, 1.807) is 0 Å². The van der Waals surface area contributed by atoms with E-state index in [4.69, 9.17) is 20.4 Å². The number of ether oxygens (including phenoxy) is 2. The molecule has 0 spiro atoms. The Morgan fingerprint density at radius 3 is 1.42 bits per heavy atom. The molecule has 0 heterocycles. The van der Waals surface area contributed by atoms with Gasteiger partial charge in [-0.1, -0.05) is 0 Å². The molecule has 0 saturated carbocycles. The van der Waals surface area contributed by atoms with Crippen molar-refractivity contribution in [3.63, 3.8) is 0 Å². The zero-order valence-electron chi connectivity index (χ0n) is 6.59. The first kappa shape index (κ1) is 11.8. The maximum atomic E-state index is 8.64. The van der Waals surface area contributed by atoms with Crippen molar-refractivity contribution >= 4 is 0 Å². The van der Waals surface area contributed by atoms with E-state index in [0.29, 0.717) is 0 Å². The van der Waals surface area contributed by atoms with Gasteiger partial charge in [-0.3, -0.25) is 0 Å². The standard InChI is InChI=1S/C6H14O6/c7-3-5(9)11-1-2-12-6(10)4-8/h5-10H,1-4H2. The van der Waals surface area contributed by atoms with E-state index in [1.807, 2.05) is 0 Å². The van der Waals surface area contributed by atoms with Gasteiger partial charge >= 0.3 is 0 Å². The van der Waals surface area contributed by atoms with Gasteiger partial charge in [0.05, 0.1) is 26.4 Å². The van der Waals surface area contributed by atoms with Crippen LogP contribution in [0.2, 0.25) is 0 Å². The molecule has 2 unspecified atom stereocenters. The maximum absolute atomic E-state index is 8.64. The molecule has 0 amide bonds. The quantitative estimate of drug-likeness (QED) is 0.260.